The molecule has 344 valence electrons. The number of nitrogens with one attached hydrogen (secondary N) is 1. The van der Waals surface area contributed by atoms with Crippen molar-refractivity contribution in [2.45, 2.75) is 71.5 Å². The first-order valence-corrected chi connectivity index (χ1v) is 23.1. The maximum atomic E-state index is 15.9. The van der Waals surface area contributed by atoms with Crippen molar-refractivity contribution in [3.63, 3.8) is 0 Å². The largest absolute Gasteiger partial charge is 0.508 e. The fraction of sp³-hybridized carbons (Fsp3) is 0.333. The normalized spacial score (nSPS) is 16.0. The molecule has 9 rings (SSSR count). The fourth-order valence-electron chi connectivity index (χ4n) is 10.3. The summed E-state index contributed by atoms with van der Waals surface area (Å²) in [6, 6.07) is 27.1. The predicted octanol–water partition coefficient (Wildman–Crippen LogP) is 8.47. The summed E-state index contributed by atoms with van der Waals surface area (Å²) in [6.45, 7) is 7.55. The van der Waals surface area contributed by atoms with Gasteiger partial charge in [0.15, 0.2) is 0 Å². The van der Waals surface area contributed by atoms with Crippen LogP contribution in [0.4, 0.5) is 10.1 Å². The van der Waals surface area contributed by atoms with Gasteiger partial charge in [0.2, 0.25) is 5.91 Å². The van der Waals surface area contributed by atoms with E-state index in [0.717, 1.165) is 54.9 Å². The molecule has 0 aliphatic carbocycles. The van der Waals surface area contributed by atoms with Crippen LogP contribution in [0.1, 0.15) is 84.9 Å². The van der Waals surface area contributed by atoms with Gasteiger partial charge in [-0.3, -0.25) is 14.4 Å². The van der Waals surface area contributed by atoms with Crippen LogP contribution in [0.25, 0.3) is 22.4 Å². The number of fused-ring (bicyclic) bond motifs is 2. The second kappa shape index (κ2) is 18.6. The molecule has 3 aliphatic heterocycles. The number of piperidine rings is 1. The first-order valence-electron chi connectivity index (χ1n) is 23.1. The molecule has 6 aromatic rings. The summed E-state index contributed by atoms with van der Waals surface area (Å²) in [6.07, 6.45) is 4.51. The number of aromatic hydroxyl groups is 1. The van der Waals surface area contributed by atoms with Crippen LogP contribution >= 0.6 is 0 Å². The highest BCUT2D eigenvalue weighted by Crippen LogP contribution is 2.44. The van der Waals surface area contributed by atoms with Crippen molar-refractivity contribution in [1.29, 1.82) is 5.26 Å². The zero-order valence-electron chi connectivity index (χ0n) is 38.8. The Hall–Kier alpha value is -7.17. The van der Waals surface area contributed by atoms with Gasteiger partial charge in [0.05, 0.1) is 24.8 Å². The number of carbonyl (C=O) groups excluding carboxylic acids is 3. The summed E-state index contributed by atoms with van der Waals surface area (Å²) in [5.74, 6) is -0.828. The third-order valence-corrected chi connectivity index (χ3v) is 14.3. The Morgan fingerprint density at radius 3 is 2.28 bits per heavy atom. The van der Waals surface area contributed by atoms with Crippen LogP contribution in [0.15, 0.2) is 84.9 Å². The number of anilines is 1. The van der Waals surface area contributed by atoms with Crippen LogP contribution in [0, 0.1) is 31.0 Å². The molecule has 3 aliphatic rings. The lowest BCUT2D eigenvalue weighted by atomic mass is 9.87. The van der Waals surface area contributed by atoms with Gasteiger partial charge in [-0.15, -0.1) is 0 Å². The van der Waals surface area contributed by atoms with Gasteiger partial charge in [-0.2, -0.15) is 5.26 Å². The van der Waals surface area contributed by atoms with Gasteiger partial charge in [0.1, 0.15) is 29.1 Å². The van der Waals surface area contributed by atoms with E-state index in [-0.39, 0.29) is 48.0 Å². The molecule has 12 nitrogen and oxygen atoms in total. The number of benzene rings is 4. The first kappa shape index (κ1) is 45.0. The van der Waals surface area contributed by atoms with E-state index in [1.807, 2.05) is 54.1 Å². The molecule has 1 atom stereocenters. The highest BCUT2D eigenvalue weighted by atomic mass is 19.1. The maximum absolute atomic E-state index is 15.9. The van der Waals surface area contributed by atoms with E-state index >= 15 is 9.18 Å². The minimum Gasteiger partial charge on any atom is -0.508 e. The second-order valence-electron chi connectivity index (χ2n) is 18.2. The number of ether oxygens (including phenoxy) is 1. The molecule has 0 spiro atoms. The number of halogens is 1. The summed E-state index contributed by atoms with van der Waals surface area (Å²) in [5.41, 5.74) is 10.1. The Bertz CT molecular complexity index is 2960. The van der Waals surface area contributed by atoms with E-state index in [4.69, 9.17) is 4.74 Å². The molecule has 3 amide bonds. The topological polar surface area (TPSA) is 136 Å². The molecule has 0 saturated carbocycles. The van der Waals surface area contributed by atoms with Crippen molar-refractivity contribution in [3.05, 3.63) is 147 Å². The third-order valence-electron chi connectivity index (χ3n) is 14.3. The lowest BCUT2D eigenvalue weighted by molar-refractivity contribution is -0.131. The summed E-state index contributed by atoms with van der Waals surface area (Å²) in [7, 11) is 5.19. The molecule has 0 bridgehead atoms. The molecule has 2 aromatic heterocycles. The second-order valence-corrected chi connectivity index (χ2v) is 18.2. The van der Waals surface area contributed by atoms with Gasteiger partial charge >= 0.3 is 0 Å². The van der Waals surface area contributed by atoms with Crippen LogP contribution < -0.4 is 10.1 Å². The molecule has 67 heavy (non-hydrogen) atoms. The van der Waals surface area contributed by atoms with Crippen molar-refractivity contribution in [2.75, 3.05) is 38.6 Å². The quantitative estimate of drug-likeness (QED) is 0.132. The Morgan fingerprint density at radius 1 is 0.836 bits per heavy atom. The number of rotatable bonds is 10. The van der Waals surface area contributed by atoms with Crippen molar-refractivity contribution >= 4 is 23.4 Å². The van der Waals surface area contributed by atoms with Crippen molar-refractivity contribution in [2.24, 2.45) is 14.1 Å². The summed E-state index contributed by atoms with van der Waals surface area (Å²) in [5, 5.41) is 23.3. The van der Waals surface area contributed by atoms with Gasteiger partial charge in [-0.05, 0) is 129 Å². The van der Waals surface area contributed by atoms with Gasteiger partial charge in [0, 0.05) is 91.7 Å². The number of amides is 3. The Kier molecular flexibility index (Phi) is 12.5. The zero-order chi connectivity index (χ0) is 47.1. The Labute approximate surface area is 390 Å². The number of phenols is 1. The molecule has 0 unspecified atom stereocenters. The maximum Gasteiger partial charge on any atom is 0.258 e. The minimum absolute atomic E-state index is 0.0689. The highest BCUT2D eigenvalue weighted by molar-refractivity contribution is 6.14. The molecule has 1 saturated heterocycles. The van der Waals surface area contributed by atoms with Crippen molar-refractivity contribution < 1.29 is 28.6 Å². The van der Waals surface area contributed by atoms with E-state index < -0.39 is 5.82 Å². The molecule has 13 heteroatoms. The van der Waals surface area contributed by atoms with Crippen LogP contribution in [0.3, 0.4) is 0 Å². The molecule has 2 N–H and O–H groups in total. The fourth-order valence-corrected chi connectivity index (χ4v) is 10.3. The summed E-state index contributed by atoms with van der Waals surface area (Å²) >= 11 is 0. The number of phenolic OH excluding ortho intramolecular Hbond substituents is 1. The predicted molar refractivity (Wildman–Crippen MR) is 255 cm³/mol. The molecule has 5 heterocycles. The van der Waals surface area contributed by atoms with E-state index in [9.17, 15) is 20.0 Å². The standard InChI is InChI=1S/C54H56FN7O5/c1-33-45(27-41(29-56)58(33)3)51-50(53(65)57-40-14-16-43(63)17-15-40)34(2)59(4)52(51)46-24-36-19-22-61(49(64)26-37-13-18-44(67-5)28-48(37)55)30-39(36)25-47(46)54(66)62-31-38-12-8-7-11-35(38)23-42(62)32-60-20-9-6-10-21-60/h7-8,11-18,24-25,27-28,42,63H,6,9-10,19-23,26,30-32H2,1-5H3,(H,57,65)/t42-/m0/s1. The summed E-state index contributed by atoms with van der Waals surface area (Å²) < 4.78 is 24.1. The number of methoxy groups -OCH3 is 1. The molecule has 0 radical (unpaired) electrons. The molecular weight excluding hydrogens is 846 g/mol. The SMILES string of the molecule is COc1ccc(CC(=O)N2CCc3cc(-c4c(-c5cc(C#N)n(C)c5C)c(C(=O)Nc5ccc(O)cc5)c(C)n4C)c(C(=O)N4Cc5ccccc5C[C@H]4CN4CCCCC4)cc3C2)c(F)c1. The zero-order valence-corrected chi connectivity index (χ0v) is 38.8. The number of nitrogens with zero attached hydrogens (tertiary/aromatic N) is 6. The van der Waals surface area contributed by atoms with E-state index in [0.29, 0.717) is 82.3 Å². The van der Waals surface area contributed by atoms with Crippen molar-refractivity contribution in [1.82, 2.24) is 23.8 Å². The minimum atomic E-state index is -0.509. The van der Waals surface area contributed by atoms with E-state index in [1.54, 1.807) is 35.2 Å². The first-order chi connectivity index (χ1) is 32.3. The van der Waals surface area contributed by atoms with Crippen molar-refractivity contribution in [3.8, 4) is 40.0 Å². The average molecular weight is 902 g/mol. The smallest absolute Gasteiger partial charge is 0.258 e. The highest BCUT2D eigenvalue weighted by Gasteiger charge is 2.37. The lowest BCUT2D eigenvalue weighted by Gasteiger charge is -2.41. The molecular formula is C54H56FN7O5. The van der Waals surface area contributed by atoms with Gasteiger partial charge < -0.3 is 39.0 Å². The number of likely N-dealkylation sites (tertiary alicyclic amines) is 1. The Morgan fingerprint density at radius 2 is 1.58 bits per heavy atom. The number of hydrogen-bond acceptors (Lipinski definition) is 7. The third kappa shape index (κ3) is 8.69. The average Bonchev–Trinajstić information content (AvgIpc) is 3.77. The van der Waals surface area contributed by atoms with Gasteiger partial charge in [-0.25, -0.2) is 4.39 Å². The molecule has 1 fully saturated rings. The number of nitriles is 1. The molecule has 4 aromatic carbocycles. The van der Waals surface area contributed by atoms with Crippen LogP contribution in [0.2, 0.25) is 0 Å². The van der Waals surface area contributed by atoms with E-state index in [1.165, 1.54) is 37.3 Å². The number of aromatic nitrogens is 2. The Balaban J connectivity index is 1.21. The number of carbonyl (C=O) groups is 3. The monoisotopic (exact) mass is 901 g/mol. The van der Waals surface area contributed by atoms with Crippen LogP contribution in [-0.2, 0) is 51.2 Å². The lowest BCUT2D eigenvalue weighted by Crippen LogP contribution is -2.51. The van der Waals surface area contributed by atoms with Gasteiger partial charge in [-0.1, -0.05) is 36.8 Å². The van der Waals surface area contributed by atoms with Gasteiger partial charge in [0.25, 0.3) is 11.8 Å². The summed E-state index contributed by atoms with van der Waals surface area (Å²) in [4.78, 5) is 50.8. The number of hydrogen-bond donors (Lipinski definition) is 2. The van der Waals surface area contributed by atoms with Crippen LogP contribution in [0.5, 0.6) is 11.5 Å². The van der Waals surface area contributed by atoms with Crippen LogP contribution in [-0.4, -0.2) is 86.0 Å². The van der Waals surface area contributed by atoms with E-state index in [2.05, 4.69) is 40.6 Å².